The van der Waals surface area contributed by atoms with E-state index in [4.69, 9.17) is 4.74 Å². The smallest absolute Gasteiger partial charge is 0.309 e. The zero-order valence-corrected chi connectivity index (χ0v) is 8.39. The molecule has 0 aliphatic carbocycles. The van der Waals surface area contributed by atoms with Crippen molar-refractivity contribution >= 4 is 5.97 Å². The molecule has 0 unspecified atom stereocenters. The van der Waals surface area contributed by atoms with Crippen LogP contribution in [0.3, 0.4) is 0 Å². The van der Waals surface area contributed by atoms with Crippen LogP contribution < -0.4 is 0 Å². The molecule has 70 valence electrons. The van der Waals surface area contributed by atoms with Crippen LogP contribution in [0.4, 0.5) is 0 Å². The summed E-state index contributed by atoms with van der Waals surface area (Å²) in [6.07, 6.45) is 1.93. The van der Waals surface area contributed by atoms with E-state index in [1.54, 1.807) is 0 Å². The van der Waals surface area contributed by atoms with E-state index in [-0.39, 0.29) is 23.4 Å². The minimum absolute atomic E-state index is 0.00238. The van der Waals surface area contributed by atoms with E-state index in [9.17, 15) is 4.79 Å². The summed E-state index contributed by atoms with van der Waals surface area (Å²) in [5.74, 6) is 0.145. The molecule has 2 atom stereocenters. The van der Waals surface area contributed by atoms with Gasteiger partial charge in [-0.1, -0.05) is 27.7 Å². The second-order valence-corrected chi connectivity index (χ2v) is 4.63. The zero-order chi connectivity index (χ0) is 9.35. The van der Waals surface area contributed by atoms with Crippen molar-refractivity contribution in [2.24, 2.45) is 11.3 Å². The van der Waals surface area contributed by atoms with Gasteiger partial charge in [-0.25, -0.2) is 0 Å². The summed E-state index contributed by atoms with van der Waals surface area (Å²) >= 11 is 0. The first-order valence-electron chi connectivity index (χ1n) is 4.65. The van der Waals surface area contributed by atoms with Crippen molar-refractivity contribution in [3.8, 4) is 0 Å². The number of rotatable bonds is 1. The van der Waals surface area contributed by atoms with Gasteiger partial charge in [0.1, 0.15) is 6.10 Å². The molecule has 2 nitrogen and oxygen atoms in total. The van der Waals surface area contributed by atoms with E-state index >= 15 is 0 Å². The predicted octanol–water partition coefficient (Wildman–Crippen LogP) is 2.37. The summed E-state index contributed by atoms with van der Waals surface area (Å²) < 4.78 is 5.29. The molecule has 1 saturated heterocycles. The largest absolute Gasteiger partial charge is 0.462 e. The molecule has 12 heavy (non-hydrogen) atoms. The van der Waals surface area contributed by atoms with E-state index in [2.05, 4.69) is 20.8 Å². The lowest BCUT2D eigenvalue weighted by atomic mass is 9.85. The van der Waals surface area contributed by atoms with Crippen LogP contribution in [0.5, 0.6) is 0 Å². The maximum atomic E-state index is 11.2. The van der Waals surface area contributed by atoms with Gasteiger partial charge in [0.2, 0.25) is 0 Å². The summed E-state index contributed by atoms with van der Waals surface area (Å²) in [5.41, 5.74) is 0.0968. The van der Waals surface area contributed by atoms with Crippen molar-refractivity contribution < 1.29 is 9.53 Å². The highest BCUT2D eigenvalue weighted by Crippen LogP contribution is 2.34. The highest BCUT2D eigenvalue weighted by atomic mass is 16.6. The Morgan fingerprint density at radius 1 is 1.50 bits per heavy atom. The molecule has 1 aliphatic rings. The Kier molecular flexibility index (Phi) is 2.45. The van der Waals surface area contributed by atoms with Crippen LogP contribution in [0.1, 0.15) is 40.5 Å². The number of carbonyl (C=O) groups is 1. The molecule has 0 aromatic carbocycles. The molecule has 0 aromatic rings. The Morgan fingerprint density at radius 3 is 2.33 bits per heavy atom. The van der Waals surface area contributed by atoms with Crippen LogP contribution in [0.15, 0.2) is 0 Å². The lowest BCUT2D eigenvalue weighted by Gasteiger charge is -2.24. The van der Waals surface area contributed by atoms with Crippen molar-refractivity contribution in [3.63, 3.8) is 0 Å². The molecule has 0 N–H and O–H groups in total. The van der Waals surface area contributed by atoms with Gasteiger partial charge < -0.3 is 4.74 Å². The van der Waals surface area contributed by atoms with Gasteiger partial charge in [0, 0.05) is 0 Å². The molecular formula is C10H18O2. The fourth-order valence-corrected chi connectivity index (χ4v) is 1.50. The molecular weight excluding hydrogens is 152 g/mol. The Bertz CT molecular complexity index is 179. The molecule has 0 radical (unpaired) electrons. The maximum Gasteiger partial charge on any atom is 0.309 e. The molecule has 2 heteroatoms. The van der Waals surface area contributed by atoms with Crippen molar-refractivity contribution in [1.29, 1.82) is 0 Å². The Balaban J connectivity index is 2.60. The summed E-state index contributed by atoms with van der Waals surface area (Å²) in [5, 5.41) is 0. The van der Waals surface area contributed by atoms with Crippen LogP contribution in [0, 0.1) is 11.3 Å². The highest BCUT2D eigenvalue weighted by molar-refractivity contribution is 5.74. The molecule has 1 aliphatic heterocycles. The van der Waals surface area contributed by atoms with E-state index in [0.29, 0.717) is 0 Å². The molecule has 0 aromatic heterocycles. The summed E-state index contributed by atoms with van der Waals surface area (Å²) in [6.45, 7) is 8.38. The third-order valence-corrected chi connectivity index (χ3v) is 2.55. The second kappa shape index (κ2) is 3.08. The minimum Gasteiger partial charge on any atom is -0.462 e. The Labute approximate surface area is 74.3 Å². The van der Waals surface area contributed by atoms with E-state index < -0.39 is 0 Å². The second-order valence-electron chi connectivity index (χ2n) is 4.63. The fourth-order valence-electron chi connectivity index (χ4n) is 1.50. The van der Waals surface area contributed by atoms with Crippen molar-refractivity contribution in [2.45, 2.75) is 46.6 Å². The van der Waals surface area contributed by atoms with Crippen LogP contribution in [-0.4, -0.2) is 12.1 Å². The van der Waals surface area contributed by atoms with Gasteiger partial charge in [-0.2, -0.15) is 0 Å². The van der Waals surface area contributed by atoms with Crippen LogP contribution in [0.25, 0.3) is 0 Å². The van der Waals surface area contributed by atoms with E-state index in [0.717, 1.165) is 12.8 Å². The van der Waals surface area contributed by atoms with Crippen LogP contribution in [-0.2, 0) is 9.53 Å². The van der Waals surface area contributed by atoms with E-state index in [1.165, 1.54) is 0 Å². The first-order valence-corrected chi connectivity index (χ1v) is 4.65. The summed E-state index contributed by atoms with van der Waals surface area (Å²) in [6, 6.07) is 0. The van der Waals surface area contributed by atoms with Gasteiger partial charge in [-0.05, 0) is 18.3 Å². The summed E-state index contributed by atoms with van der Waals surface area (Å²) in [4.78, 5) is 11.2. The molecule has 1 rings (SSSR count). The predicted molar refractivity (Wildman–Crippen MR) is 47.7 cm³/mol. The number of hydrogen-bond acceptors (Lipinski definition) is 2. The molecule has 1 heterocycles. The molecule has 1 fully saturated rings. The van der Waals surface area contributed by atoms with Gasteiger partial charge in [-0.15, -0.1) is 0 Å². The number of cyclic esters (lactones) is 1. The van der Waals surface area contributed by atoms with Crippen molar-refractivity contribution in [3.05, 3.63) is 0 Å². The molecule has 0 saturated carbocycles. The monoisotopic (exact) mass is 170 g/mol. The minimum atomic E-state index is -0.00238. The number of carbonyl (C=O) groups excluding carboxylic acids is 1. The lowest BCUT2D eigenvalue weighted by molar-refractivity contribution is -0.147. The fraction of sp³-hybridized carbons (Fsp3) is 0.900. The van der Waals surface area contributed by atoms with Gasteiger partial charge in [0.05, 0.1) is 5.92 Å². The third kappa shape index (κ3) is 1.79. The highest BCUT2D eigenvalue weighted by Gasteiger charge is 2.39. The number of ether oxygens (including phenoxy) is 1. The van der Waals surface area contributed by atoms with Crippen molar-refractivity contribution in [2.75, 3.05) is 0 Å². The maximum absolute atomic E-state index is 11.2. The normalized spacial score (nSPS) is 30.5. The van der Waals surface area contributed by atoms with Gasteiger partial charge in [0.15, 0.2) is 0 Å². The van der Waals surface area contributed by atoms with Crippen LogP contribution in [0.2, 0.25) is 0 Å². The molecule has 0 amide bonds. The number of esters is 1. The average molecular weight is 170 g/mol. The lowest BCUT2D eigenvalue weighted by Crippen LogP contribution is -2.25. The first-order chi connectivity index (χ1) is 5.45. The van der Waals surface area contributed by atoms with E-state index in [1.807, 2.05) is 6.92 Å². The topological polar surface area (TPSA) is 26.3 Å². The quantitative estimate of drug-likeness (QED) is 0.565. The van der Waals surface area contributed by atoms with Crippen molar-refractivity contribution in [1.82, 2.24) is 0 Å². The average Bonchev–Trinajstić information content (AvgIpc) is 2.29. The Hall–Kier alpha value is -0.530. The Morgan fingerprint density at radius 2 is 2.08 bits per heavy atom. The molecule has 0 bridgehead atoms. The summed E-state index contributed by atoms with van der Waals surface area (Å²) in [7, 11) is 0. The van der Waals surface area contributed by atoms with Gasteiger partial charge in [-0.3, -0.25) is 4.79 Å². The number of hydrogen-bond donors (Lipinski definition) is 0. The SMILES string of the molecule is CC[C@H]1C[C@H](C(C)(C)C)OC1=O. The van der Waals surface area contributed by atoms with Gasteiger partial charge >= 0.3 is 5.97 Å². The third-order valence-electron chi connectivity index (χ3n) is 2.55. The van der Waals surface area contributed by atoms with Gasteiger partial charge in [0.25, 0.3) is 0 Å². The standard InChI is InChI=1S/C10H18O2/c1-5-7-6-8(10(2,3)4)12-9(7)11/h7-8H,5-6H2,1-4H3/t7-,8+/m0/s1. The molecule has 0 spiro atoms. The first kappa shape index (κ1) is 9.56. The zero-order valence-electron chi connectivity index (χ0n) is 8.39. The van der Waals surface area contributed by atoms with Crippen LogP contribution >= 0.6 is 0 Å².